The van der Waals surface area contributed by atoms with E-state index < -0.39 is 0 Å². The Morgan fingerprint density at radius 3 is 2.50 bits per heavy atom. The lowest BCUT2D eigenvalue weighted by molar-refractivity contribution is 0.0934. The van der Waals surface area contributed by atoms with Gasteiger partial charge in [-0.2, -0.15) is 5.10 Å². The summed E-state index contributed by atoms with van der Waals surface area (Å²) in [7, 11) is 0. The maximum absolute atomic E-state index is 12.4. The van der Waals surface area contributed by atoms with Crippen LogP contribution in [-0.4, -0.2) is 20.5 Å². The molecule has 3 aromatic rings. The molecule has 1 aromatic carbocycles. The van der Waals surface area contributed by atoms with Crippen LogP contribution in [0.5, 0.6) is 0 Å². The largest absolute Gasteiger partial charge is 0.344 e. The number of carbonyl (C=O) groups excluding carboxylic acids is 1. The second-order valence-corrected chi connectivity index (χ2v) is 7.04. The summed E-state index contributed by atoms with van der Waals surface area (Å²) in [5.41, 5.74) is 3.34. The Hall–Kier alpha value is -2.21. The third-order valence-electron chi connectivity index (χ3n) is 3.97. The molecule has 1 N–H and O–H groups in total. The molecule has 0 aliphatic carbocycles. The van der Waals surface area contributed by atoms with Gasteiger partial charge in [-0.05, 0) is 39.9 Å². The molecule has 24 heavy (non-hydrogen) atoms. The second kappa shape index (κ2) is 6.73. The fourth-order valence-corrected chi connectivity index (χ4v) is 2.78. The van der Waals surface area contributed by atoms with E-state index in [-0.39, 0.29) is 11.9 Å². The van der Waals surface area contributed by atoms with E-state index in [0.29, 0.717) is 17.3 Å². The van der Waals surface area contributed by atoms with Gasteiger partial charge >= 0.3 is 0 Å². The first-order valence-electron chi connectivity index (χ1n) is 7.85. The van der Waals surface area contributed by atoms with E-state index in [2.05, 4.69) is 69.4 Å². The molecule has 0 saturated carbocycles. The standard InChI is InChI=1S/C18H19BrN4O/c1-11(2)13-4-6-14(7-5-13)12(3)21-18(24)16-8-17-20-9-15(19)10-23(17)22-16/h4-12H,1-3H3,(H,21,24). The number of carbonyl (C=O) groups is 1. The summed E-state index contributed by atoms with van der Waals surface area (Å²) in [6, 6.07) is 9.91. The average molecular weight is 387 g/mol. The minimum absolute atomic E-state index is 0.0942. The molecule has 124 valence electrons. The third-order valence-corrected chi connectivity index (χ3v) is 4.37. The number of aromatic nitrogens is 3. The highest BCUT2D eigenvalue weighted by atomic mass is 79.9. The van der Waals surface area contributed by atoms with Crippen molar-refractivity contribution < 1.29 is 4.79 Å². The van der Waals surface area contributed by atoms with E-state index in [9.17, 15) is 4.79 Å². The second-order valence-electron chi connectivity index (χ2n) is 6.12. The average Bonchev–Trinajstić information content (AvgIpc) is 2.98. The monoisotopic (exact) mass is 386 g/mol. The van der Waals surface area contributed by atoms with Crippen LogP contribution < -0.4 is 5.32 Å². The molecule has 1 atom stereocenters. The fraction of sp³-hybridized carbons (Fsp3) is 0.278. The highest BCUT2D eigenvalue weighted by molar-refractivity contribution is 9.10. The first kappa shape index (κ1) is 16.6. The summed E-state index contributed by atoms with van der Waals surface area (Å²) in [6.07, 6.45) is 3.45. The number of amides is 1. The Morgan fingerprint density at radius 2 is 1.83 bits per heavy atom. The minimum atomic E-state index is -0.211. The van der Waals surface area contributed by atoms with Gasteiger partial charge in [0, 0.05) is 18.5 Å². The van der Waals surface area contributed by atoms with Crippen molar-refractivity contribution in [1.29, 1.82) is 0 Å². The molecule has 0 bridgehead atoms. The summed E-state index contributed by atoms with van der Waals surface area (Å²) in [5.74, 6) is 0.283. The number of nitrogens with one attached hydrogen (secondary N) is 1. The number of hydrogen-bond donors (Lipinski definition) is 1. The Kier molecular flexibility index (Phi) is 4.66. The lowest BCUT2D eigenvalue weighted by Crippen LogP contribution is -2.27. The zero-order valence-corrected chi connectivity index (χ0v) is 15.4. The number of rotatable bonds is 4. The van der Waals surface area contributed by atoms with Crippen LogP contribution in [0.25, 0.3) is 5.65 Å². The topological polar surface area (TPSA) is 59.3 Å². The number of fused-ring (bicyclic) bond motifs is 1. The third kappa shape index (κ3) is 3.48. The maximum Gasteiger partial charge on any atom is 0.272 e. The SMILES string of the molecule is CC(C)c1ccc(C(C)NC(=O)c2cc3ncc(Br)cn3n2)cc1. The van der Waals surface area contributed by atoms with E-state index in [0.717, 1.165) is 10.0 Å². The van der Waals surface area contributed by atoms with Crippen LogP contribution in [0, 0.1) is 0 Å². The van der Waals surface area contributed by atoms with Crippen LogP contribution in [0.2, 0.25) is 0 Å². The van der Waals surface area contributed by atoms with E-state index in [1.54, 1.807) is 23.0 Å². The molecule has 5 nitrogen and oxygen atoms in total. The van der Waals surface area contributed by atoms with Gasteiger partial charge in [0.25, 0.3) is 5.91 Å². The summed E-state index contributed by atoms with van der Waals surface area (Å²) in [5, 5.41) is 7.25. The normalized spacial score (nSPS) is 12.5. The highest BCUT2D eigenvalue weighted by Gasteiger charge is 2.15. The molecule has 0 radical (unpaired) electrons. The molecule has 0 fully saturated rings. The fourth-order valence-electron chi connectivity index (χ4n) is 2.49. The van der Waals surface area contributed by atoms with Crippen LogP contribution in [0.15, 0.2) is 47.2 Å². The van der Waals surface area contributed by atoms with E-state index in [1.807, 2.05) is 6.92 Å². The summed E-state index contributed by atoms with van der Waals surface area (Å²) < 4.78 is 2.39. The van der Waals surface area contributed by atoms with Crippen LogP contribution in [0.3, 0.4) is 0 Å². The minimum Gasteiger partial charge on any atom is -0.344 e. The lowest BCUT2D eigenvalue weighted by Gasteiger charge is -2.14. The number of hydrogen-bond acceptors (Lipinski definition) is 3. The molecule has 0 saturated heterocycles. The smallest absolute Gasteiger partial charge is 0.272 e. The van der Waals surface area contributed by atoms with Crippen molar-refractivity contribution in [2.24, 2.45) is 0 Å². The molecule has 2 aromatic heterocycles. The first-order valence-corrected chi connectivity index (χ1v) is 8.65. The number of nitrogens with zero attached hydrogens (tertiary/aromatic N) is 3. The molecule has 1 unspecified atom stereocenters. The highest BCUT2D eigenvalue weighted by Crippen LogP contribution is 2.19. The van der Waals surface area contributed by atoms with Crippen molar-refractivity contribution in [2.75, 3.05) is 0 Å². The van der Waals surface area contributed by atoms with Crippen LogP contribution >= 0.6 is 15.9 Å². The van der Waals surface area contributed by atoms with Crippen LogP contribution in [0.1, 0.15) is 54.3 Å². The van der Waals surface area contributed by atoms with Crippen molar-refractivity contribution in [3.8, 4) is 0 Å². The van der Waals surface area contributed by atoms with Gasteiger partial charge in [-0.3, -0.25) is 4.79 Å². The Bertz CT molecular complexity index is 870. The molecule has 6 heteroatoms. The van der Waals surface area contributed by atoms with Crippen molar-refractivity contribution in [2.45, 2.75) is 32.7 Å². The molecule has 1 amide bonds. The zero-order chi connectivity index (χ0) is 17.3. The summed E-state index contributed by atoms with van der Waals surface area (Å²) in [6.45, 7) is 6.29. The van der Waals surface area contributed by atoms with E-state index in [4.69, 9.17) is 0 Å². The van der Waals surface area contributed by atoms with Gasteiger partial charge in [-0.15, -0.1) is 0 Å². The number of benzene rings is 1. The van der Waals surface area contributed by atoms with Gasteiger partial charge in [0.1, 0.15) is 0 Å². The molecule has 0 spiro atoms. The molecular weight excluding hydrogens is 368 g/mol. The molecule has 3 rings (SSSR count). The first-order chi connectivity index (χ1) is 11.4. The molecule has 0 aliphatic heterocycles. The van der Waals surface area contributed by atoms with Gasteiger partial charge in [0.05, 0.1) is 10.5 Å². The maximum atomic E-state index is 12.4. The Balaban J connectivity index is 1.75. The van der Waals surface area contributed by atoms with Crippen molar-refractivity contribution in [3.05, 3.63) is 64.0 Å². The summed E-state index contributed by atoms with van der Waals surface area (Å²) in [4.78, 5) is 16.7. The Morgan fingerprint density at radius 1 is 1.17 bits per heavy atom. The Labute approximate surface area is 149 Å². The van der Waals surface area contributed by atoms with Gasteiger partial charge in [-0.1, -0.05) is 38.1 Å². The van der Waals surface area contributed by atoms with Gasteiger partial charge < -0.3 is 5.32 Å². The lowest BCUT2D eigenvalue weighted by atomic mass is 9.99. The van der Waals surface area contributed by atoms with Crippen molar-refractivity contribution in [3.63, 3.8) is 0 Å². The van der Waals surface area contributed by atoms with Gasteiger partial charge in [-0.25, -0.2) is 9.50 Å². The molecule has 0 aliphatic rings. The van der Waals surface area contributed by atoms with Crippen LogP contribution in [0.4, 0.5) is 0 Å². The molecular formula is C18H19BrN4O. The predicted octanol–water partition coefficient (Wildman–Crippen LogP) is 4.11. The molecule has 2 heterocycles. The summed E-state index contributed by atoms with van der Waals surface area (Å²) >= 11 is 3.34. The number of halogens is 1. The van der Waals surface area contributed by atoms with Crippen LogP contribution in [-0.2, 0) is 0 Å². The van der Waals surface area contributed by atoms with Gasteiger partial charge in [0.2, 0.25) is 0 Å². The van der Waals surface area contributed by atoms with E-state index in [1.165, 1.54) is 5.56 Å². The zero-order valence-electron chi connectivity index (χ0n) is 13.8. The quantitative estimate of drug-likeness (QED) is 0.733. The van der Waals surface area contributed by atoms with Gasteiger partial charge in [0.15, 0.2) is 11.3 Å². The van der Waals surface area contributed by atoms with Crippen molar-refractivity contribution >= 4 is 27.5 Å². The predicted molar refractivity (Wildman–Crippen MR) is 97.1 cm³/mol. The van der Waals surface area contributed by atoms with E-state index >= 15 is 0 Å². The van der Waals surface area contributed by atoms with Crippen molar-refractivity contribution in [1.82, 2.24) is 19.9 Å².